The molecule has 100 valence electrons. The second-order valence-electron chi connectivity index (χ2n) is 3.99. The third-order valence-corrected chi connectivity index (χ3v) is 3.98. The van der Waals surface area contributed by atoms with Gasteiger partial charge in [0.2, 0.25) is 0 Å². The van der Waals surface area contributed by atoms with Crippen LogP contribution in [0.2, 0.25) is 0 Å². The minimum Gasteiger partial charge on any atom is -0.478 e. The van der Waals surface area contributed by atoms with Crippen LogP contribution in [0, 0.1) is 6.92 Å². The number of nitrogens with one attached hydrogen (secondary N) is 2. The fraction of sp³-hybridized carbons (Fsp3) is 0.0833. The summed E-state index contributed by atoms with van der Waals surface area (Å²) >= 11 is 0. The number of carboxylic acid groups (broad SMARTS) is 1. The molecule has 0 fully saturated rings. The zero-order valence-corrected chi connectivity index (χ0v) is 10.9. The highest BCUT2D eigenvalue weighted by Gasteiger charge is 2.16. The number of carbonyl (C=O) groups is 1. The van der Waals surface area contributed by atoms with Gasteiger partial charge in [-0.25, -0.2) is 13.2 Å². The first kappa shape index (κ1) is 13.2. The fourth-order valence-corrected chi connectivity index (χ4v) is 2.63. The molecule has 0 saturated carbocycles. The van der Waals surface area contributed by atoms with Crippen LogP contribution in [0.15, 0.2) is 41.6 Å². The van der Waals surface area contributed by atoms with Gasteiger partial charge in [-0.1, -0.05) is 6.07 Å². The van der Waals surface area contributed by atoms with Gasteiger partial charge in [0, 0.05) is 18.1 Å². The minimum atomic E-state index is -3.70. The molecule has 19 heavy (non-hydrogen) atoms. The lowest BCUT2D eigenvalue weighted by Crippen LogP contribution is -2.13. The lowest BCUT2D eigenvalue weighted by molar-refractivity contribution is 0.0696. The molecule has 0 bridgehead atoms. The number of benzene rings is 1. The Labute approximate surface area is 110 Å². The molecular weight excluding hydrogens is 268 g/mol. The third kappa shape index (κ3) is 2.76. The Bertz CT molecular complexity index is 705. The van der Waals surface area contributed by atoms with Crippen molar-refractivity contribution in [3.63, 3.8) is 0 Å². The van der Waals surface area contributed by atoms with E-state index in [1.54, 1.807) is 13.0 Å². The van der Waals surface area contributed by atoms with Crippen LogP contribution < -0.4 is 4.72 Å². The van der Waals surface area contributed by atoms with E-state index >= 15 is 0 Å². The van der Waals surface area contributed by atoms with Gasteiger partial charge in [-0.05, 0) is 30.7 Å². The molecule has 2 rings (SSSR count). The van der Waals surface area contributed by atoms with Gasteiger partial charge in [0.15, 0.2) is 0 Å². The summed E-state index contributed by atoms with van der Waals surface area (Å²) < 4.78 is 26.2. The number of aromatic nitrogens is 1. The minimum absolute atomic E-state index is 0.0641. The molecule has 2 aromatic rings. The molecule has 0 amide bonds. The van der Waals surface area contributed by atoms with E-state index in [9.17, 15) is 13.2 Å². The van der Waals surface area contributed by atoms with Crippen LogP contribution in [-0.4, -0.2) is 24.5 Å². The van der Waals surface area contributed by atoms with Crippen LogP contribution in [0.4, 0.5) is 5.69 Å². The fourth-order valence-electron chi connectivity index (χ4n) is 1.61. The van der Waals surface area contributed by atoms with E-state index in [2.05, 4.69) is 9.71 Å². The summed E-state index contributed by atoms with van der Waals surface area (Å²) in [6.45, 7) is 1.65. The lowest BCUT2D eigenvalue weighted by atomic mass is 10.1. The monoisotopic (exact) mass is 280 g/mol. The molecule has 0 radical (unpaired) electrons. The van der Waals surface area contributed by atoms with Crippen molar-refractivity contribution in [2.75, 3.05) is 4.72 Å². The van der Waals surface area contributed by atoms with Crippen molar-refractivity contribution in [2.45, 2.75) is 11.8 Å². The van der Waals surface area contributed by atoms with E-state index in [4.69, 9.17) is 5.11 Å². The van der Waals surface area contributed by atoms with Crippen molar-refractivity contribution >= 4 is 21.7 Å². The molecule has 1 heterocycles. The normalized spacial score (nSPS) is 11.2. The Balaban J connectivity index is 2.35. The summed E-state index contributed by atoms with van der Waals surface area (Å²) in [7, 11) is -3.70. The predicted octanol–water partition coefficient (Wildman–Crippen LogP) is 1.82. The predicted molar refractivity (Wildman–Crippen MR) is 69.7 cm³/mol. The van der Waals surface area contributed by atoms with Gasteiger partial charge in [0.1, 0.15) is 4.90 Å². The SMILES string of the molecule is Cc1ccc(NS(=O)(=O)c2cc[nH]c2)cc1C(=O)O. The van der Waals surface area contributed by atoms with Crippen molar-refractivity contribution in [1.82, 2.24) is 4.98 Å². The van der Waals surface area contributed by atoms with Crippen LogP contribution in [0.5, 0.6) is 0 Å². The summed E-state index contributed by atoms with van der Waals surface area (Å²) in [6.07, 6.45) is 2.83. The second kappa shape index (κ2) is 4.77. The highest BCUT2D eigenvalue weighted by atomic mass is 32.2. The zero-order chi connectivity index (χ0) is 14.0. The standard InChI is InChI=1S/C12H12N2O4S/c1-8-2-3-9(6-11(8)12(15)16)14-19(17,18)10-4-5-13-7-10/h2-7,13-14H,1H3,(H,15,16). The highest BCUT2D eigenvalue weighted by Crippen LogP contribution is 2.19. The maximum atomic E-state index is 12.0. The smallest absolute Gasteiger partial charge is 0.336 e. The first-order valence-electron chi connectivity index (χ1n) is 5.40. The van der Waals surface area contributed by atoms with Crippen molar-refractivity contribution in [2.24, 2.45) is 0 Å². The van der Waals surface area contributed by atoms with Gasteiger partial charge in [-0.15, -0.1) is 0 Å². The molecular formula is C12H12N2O4S. The zero-order valence-electron chi connectivity index (χ0n) is 10.0. The van der Waals surface area contributed by atoms with Crippen molar-refractivity contribution in [1.29, 1.82) is 0 Å². The molecule has 7 heteroatoms. The van der Waals surface area contributed by atoms with Gasteiger partial charge >= 0.3 is 5.97 Å². The number of carboxylic acids is 1. The van der Waals surface area contributed by atoms with E-state index in [1.807, 2.05) is 0 Å². The molecule has 1 aromatic carbocycles. The van der Waals surface area contributed by atoms with Gasteiger partial charge in [0.05, 0.1) is 5.56 Å². The molecule has 0 aliphatic heterocycles. The average Bonchev–Trinajstić information content (AvgIpc) is 2.85. The van der Waals surface area contributed by atoms with Crippen molar-refractivity contribution in [3.05, 3.63) is 47.8 Å². The second-order valence-corrected chi connectivity index (χ2v) is 5.67. The summed E-state index contributed by atoms with van der Waals surface area (Å²) in [5.74, 6) is -1.10. The van der Waals surface area contributed by atoms with Gasteiger partial charge in [0.25, 0.3) is 10.0 Å². The van der Waals surface area contributed by atoms with E-state index in [0.717, 1.165) is 0 Å². The van der Waals surface area contributed by atoms with E-state index < -0.39 is 16.0 Å². The Hall–Kier alpha value is -2.28. The lowest BCUT2D eigenvalue weighted by Gasteiger charge is -2.08. The Morgan fingerprint density at radius 1 is 1.32 bits per heavy atom. The van der Waals surface area contributed by atoms with Gasteiger partial charge < -0.3 is 10.1 Å². The van der Waals surface area contributed by atoms with E-state index in [-0.39, 0.29) is 16.1 Å². The van der Waals surface area contributed by atoms with Crippen molar-refractivity contribution < 1.29 is 18.3 Å². The van der Waals surface area contributed by atoms with Crippen LogP contribution in [0.25, 0.3) is 0 Å². The molecule has 3 N–H and O–H groups in total. The van der Waals surface area contributed by atoms with E-state index in [1.165, 1.54) is 30.6 Å². The molecule has 0 aliphatic carbocycles. The molecule has 0 aliphatic rings. The van der Waals surface area contributed by atoms with Crippen LogP contribution >= 0.6 is 0 Å². The van der Waals surface area contributed by atoms with E-state index in [0.29, 0.717) is 5.56 Å². The number of rotatable bonds is 4. The number of sulfonamides is 1. The van der Waals surface area contributed by atoms with Crippen LogP contribution in [0.3, 0.4) is 0 Å². The van der Waals surface area contributed by atoms with Crippen LogP contribution in [0.1, 0.15) is 15.9 Å². The number of hydrogen-bond acceptors (Lipinski definition) is 3. The number of hydrogen-bond donors (Lipinski definition) is 3. The topological polar surface area (TPSA) is 99.3 Å². The quantitative estimate of drug-likeness (QED) is 0.795. The van der Waals surface area contributed by atoms with Crippen molar-refractivity contribution in [3.8, 4) is 0 Å². The van der Waals surface area contributed by atoms with Gasteiger partial charge in [-0.2, -0.15) is 0 Å². The first-order valence-corrected chi connectivity index (χ1v) is 6.88. The molecule has 1 aromatic heterocycles. The maximum Gasteiger partial charge on any atom is 0.336 e. The number of H-pyrrole nitrogens is 1. The Morgan fingerprint density at radius 3 is 2.63 bits per heavy atom. The summed E-state index contributed by atoms with van der Waals surface area (Å²) in [6, 6.07) is 5.78. The summed E-state index contributed by atoms with van der Waals surface area (Å²) in [5, 5.41) is 8.99. The molecule has 0 unspecified atom stereocenters. The molecule has 0 saturated heterocycles. The molecule has 0 spiro atoms. The third-order valence-electron chi connectivity index (χ3n) is 2.60. The number of aromatic carboxylic acids is 1. The van der Waals surface area contributed by atoms with Crippen LogP contribution in [-0.2, 0) is 10.0 Å². The Morgan fingerprint density at radius 2 is 2.05 bits per heavy atom. The molecule has 0 atom stereocenters. The number of anilines is 1. The summed E-state index contributed by atoms with van der Waals surface area (Å²) in [5.41, 5.74) is 0.843. The maximum absolute atomic E-state index is 12.0. The average molecular weight is 280 g/mol. The Kier molecular flexibility index (Phi) is 3.30. The molecule has 6 nitrogen and oxygen atoms in total. The largest absolute Gasteiger partial charge is 0.478 e. The number of aromatic amines is 1. The number of aryl methyl sites for hydroxylation is 1. The first-order chi connectivity index (χ1) is 8.90. The van der Waals surface area contributed by atoms with Gasteiger partial charge in [-0.3, -0.25) is 4.72 Å². The summed E-state index contributed by atoms with van der Waals surface area (Å²) in [4.78, 5) is 13.7. The highest BCUT2D eigenvalue weighted by molar-refractivity contribution is 7.92.